The highest BCUT2D eigenvalue weighted by molar-refractivity contribution is 5.97. The summed E-state index contributed by atoms with van der Waals surface area (Å²) in [7, 11) is 2.96. The van der Waals surface area contributed by atoms with E-state index in [2.05, 4.69) is 10.1 Å². The van der Waals surface area contributed by atoms with Crippen LogP contribution in [0.2, 0.25) is 0 Å². The Balaban J connectivity index is 1.82. The summed E-state index contributed by atoms with van der Waals surface area (Å²) in [5.41, 5.74) is 4.32. The van der Waals surface area contributed by atoms with Crippen molar-refractivity contribution in [1.29, 1.82) is 0 Å². The summed E-state index contributed by atoms with van der Waals surface area (Å²) in [6, 6.07) is 12.5. The maximum Gasteiger partial charge on any atom is 0.328 e. The second kappa shape index (κ2) is 8.68. The molecule has 1 amide bonds. The van der Waals surface area contributed by atoms with Gasteiger partial charge in [0.25, 0.3) is 5.91 Å². The van der Waals surface area contributed by atoms with Gasteiger partial charge >= 0.3 is 5.97 Å². The lowest BCUT2D eigenvalue weighted by atomic mass is 10.0. The summed E-state index contributed by atoms with van der Waals surface area (Å²) in [5, 5.41) is 4.10. The van der Waals surface area contributed by atoms with Gasteiger partial charge in [-0.1, -0.05) is 29.3 Å². The molecule has 2 aromatic carbocycles. The number of aromatic nitrogens is 3. The molecule has 0 saturated carbocycles. The summed E-state index contributed by atoms with van der Waals surface area (Å²) >= 11 is 0. The molecular formula is C22H24N4O3. The average molecular weight is 392 g/mol. The Morgan fingerprint density at radius 1 is 1.10 bits per heavy atom. The third-order valence-electron chi connectivity index (χ3n) is 4.78. The van der Waals surface area contributed by atoms with Crippen LogP contribution in [0, 0.1) is 13.8 Å². The molecule has 3 rings (SSSR count). The molecule has 29 heavy (non-hydrogen) atoms. The predicted molar refractivity (Wildman–Crippen MR) is 109 cm³/mol. The standard InChI is InChI=1S/C22H24N4O3/c1-15-9-16(2)11-18(10-15)21(27)25(3)20(22(28)29-4)12-17-5-7-19(8-6-17)26-14-23-13-24-26/h5-11,13-14,20H,12H2,1-4H3/t20-/m0/s1. The van der Waals surface area contributed by atoms with Gasteiger partial charge in [-0.2, -0.15) is 5.10 Å². The highest BCUT2D eigenvalue weighted by Gasteiger charge is 2.29. The molecule has 0 fully saturated rings. The number of benzene rings is 2. The molecule has 0 saturated heterocycles. The normalized spacial score (nSPS) is 11.7. The summed E-state index contributed by atoms with van der Waals surface area (Å²) in [4.78, 5) is 30.8. The first kappa shape index (κ1) is 20.3. The number of aryl methyl sites for hydroxylation is 2. The van der Waals surface area contributed by atoms with E-state index in [0.29, 0.717) is 12.0 Å². The molecule has 7 heteroatoms. The fourth-order valence-corrected chi connectivity index (χ4v) is 3.31. The van der Waals surface area contributed by atoms with Crippen molar-refractivity contribution in [1.82, 2.24) is 19.7 Å². The van der Waals surface area contributed by atoms with E-state index in [1.807, 2.05) is 56.3 Å². The van der Waals surface area contributed by atoms with E-state index in [1.165, 1.54) is 18.3 Å². The van der Waals surface area contributed by atoms with Crippen LogP contribution in [0.15, 0.2) is 55.1 Å². The number of hydrogen-bond donors (Lipinski definition) is 0. The van der Waals surface area contributed by atoms with Crippen molar-refractivity contribution in [2.24, 2.45) is 0 Å². The van der Waals surface area contributed by atoms with E-state index < -0.39 is 12.0 Å². The number of esters is 1. The van der Waals surface area contributed by atoms with Crippen molar-refractivity contribution in [2.75, 3.05) is 14.2 Å². The zero-order valence-corrected chi connectivity index (χ0v) is 17.0. The molecule has 0 spiro atoms. The second-order valence-electron chi connectivity index (χ2n) is 7.04. The lowest BCUT2D eigenvalue weighted by Gasteiger charge is -2.26. The molecule has 150 valence electrons. The van der Waals surface area contributed by atoms with Gasteiger partial charge in [0.05, 0.1) is 12.8 Å². The maximum absolute atomic E-state index is 13.0. The van der Waals surface area contributed by atoms with Gasteiger partial charge in [0.1, 0.15) is 18.7 Å². The minimum absolute atomic E-state index is 0.216. The van der Waals surface area contributed by atoms with Crippen molar-refractivity contribution < 1.29 is 14.3 Å². The van der Waals surface area contributed by atoms with Gasteiger partial charge in [0.15, 0.2) is 0 Å². The molecule has 7 nitrogen and oxygen atoms in total. The van der Waals surface area contributed by atoms with Crippen LogP contribution in [0.3, 0.4) is 0 Å². The number of nitrogens with zero attached hydrogens (tertiary/aromatic N) is 4. The number of amides is 1. The van der Waals surface area contributed by atoms with Gasteiger partial charge in [-0.05, 0) is 43.7 Å². The van der Waals surface area contributed by atoms with E-state index in [9.17, 15) is 9.59 Å². The molecule has 3 aromatic rings. The van der Waals surface area contributed by atoms with Gasteiger partial charge in [-0.3, -0.25) is 4.79 Å². The molecule has 1 atom stereocenters. The number of hydrogen-bond acceptors (Lipinski definition) is 5. The highest BCUT2D eigenvalue weighted by atomic mass is 16.5. The van der Waals surface area contributed by atoms with Crippen LogP contribution >= 0.6 is 0 Å². The van der Waals surface area contributed by atoms with E-state index >= 15 is 0 Å². The zero-order chi connectivity index (χ0) is 21.0. The van der Waals surface area contributed by atoms with E-state index in [4.69, 9.17) is 4.74 Å². The average Bonchev–Trinajstić information content (AvgIpc) is 3.25. The fourth-order valence-electron chi connectivity index (χ4n) is 3.31. The van der Waals surface area contributed by atoms with Crippen LogP contribution < -0.4 is 0 Å². The van der Waals surface area contributed by atoms with Gasteiger partial charge in [-0.25, -0.2) is 14.5 Å². The van der Waals surface area contributed by atoms with E-state index in [1.54, 1.807) is 18.1 Å². The Kier molecular flexibility index (Phi) is 6.07. The van der Waals surface area contributed by atoms with Gasteiger partial charge in [0, 0.05) is 19.0 Å². The number of likely N-dealkylation sites (N-methyl/N-ethyl adjacent to an activating group) is 1. The van der Waals surface area contributed by atoms with Crippen LogP contribution in [0.25, 0.3) is 5.69 Å². The Labute approximate surface area is 169 Å². The molecule has 0 aliphatic rings. The second-order valence-corrected chi connectivity index (χ2v) is 7.04. The highest BCUT2D eigenvalue weighted by Crippen LogP contribution is 2.17. The zero-order valence-electron chi connectivity index (χ0n) is 17.0. The predicted octanol–water partition coefficient (Wildman–Crippen LogP) is 2.74. The third kappa shape index (κ3) is 4.68. The quantitative estimate of drug-likeness (QED) is 0.603. The van der Waals surface area contributed by atoms with Gasteiger partial charge < -0.3 is 9.64 Å². The minimum atomic E-state index is -0.731. The van der Waals surface area contributed by atoms with Crippen LogP contribution in [-0.2, 0) is 16.0 Å². The lowest BCUT2D eigenvalue weighted by molar-refractivity contribution is -0.145. The van der Waals surface area contributed by atoms with Crippen LogP contribution in [0.1, 0.15) is 27.0 Å². The molecule has 1 heterocycles. The fraction of sp³-hybridized carbons (Fsp3) is 0.273. The Hall–Kier alpha value is -3.48. The summed E-state index contributed by atoms with van der Waals surface area (Å²) in [6.45, 7) is 3.89. The topological polar surface area (TPSA) is 77.3 Å². The Morgan fingerprint density at radius 3 is 2.31 bits per heavy atom. The molecule has 0 N–H and O–H groups in total. The number of rotatable bonds is 6. The molecule has 0 radical (unpaired) electrons. The van der Waals surface area contributed by atoms with Crippen molar-refractivity contribution in [3.8, 4) is 5.69 Å². The Morgan fingerprint density at radius 2 is 1.76 bits per heavy atom. The summed E-state index contributed by atoms with van der Waals surface area (Å²) in [5.74, 6) is -0.669. The molecular weight excluding hydrogens is 368 g/mol. The van der Waals surface area contributed by atoms with Crippen molar-refractivity contribution >= 4 is 11.9 Å². The van der Waals surface area contributed by atoms with E-state index in [0.717, 1.165) is 22.4 Å². The molecule has 0 aliphatic heterocycles. The molecule has 1 aromatic heterocycles. The van der Waals surface area contributed by atoms with E-state index in [-0.39, 0.29) is 5.91 Å². The largest absolute Gasteiger partial charge is 0.467 e. The number of carbonyl (C=O) groups is 2. The SMILES string of the molecule is COC(=O)[C@H](Cc1ccc(-n2cncn2)cc1)N(C)C(=O)c1cc(C)cc(C)c1. The Bertz CT molecular complexity index is 977. The maximum atomic E-state index is 13.0. The summed E-state index contributed by atoms with van der Waals surface area (Å²) in [6.07, 6.45) is 3.43. The first-order valence-corrected chi connectivity index (χ1v) is 9.26. The number of ether oxygens (including phenoxy) is 1. The van der Waals surface area contributed by atoms with Crippen molar-refractivity contribution in [3.05, 3.63) is 77.4 Å². The molecule has 0 bridgehead atoms. The third-order valence-corrected chi connectivity index (χ3v) is 4.78. The lowest BCUT2D eigenvalue weighted by Crippen LogP contribution is -2.44. The van der Waals surface area contributed by atoms with Crippen molar-refractivity contribution in [3.63, 3.8) is 0 Å². The van der Waals surface area contributed by atoms with Gasteiger partial charge in [0.2, 0.25) is 0 Å². The number of carbonyl (C=O) groups excluding carboxylic acids is 2. The smallest absolute Gasteiger partial charge is 0.328 e. The van der Waals surface area contributed by atoms with Crippen LogP contribution in [0.4, 0.5) is 0 Å². The molecule has 0 aliphatic carbocycles. The monoisotopic (exact) mass is 392 g/mol. The number of methoxy groups -OCH3 is 1. The first-order chi connectivity index (χ1) is 13.9. The first-order valence-electron chi connectivity index (χ1n) is 9.26. The summed E-state index contributed by atoms with van der Waals surface area (Å²) < 4.78 is 6.62. The van der Waals surface area contributed by atoms with Crippen molar-refractivity contribution in [2.45, 2.75) is 26.3 Å². The molecule has 0 unspecified atom stereocenters. The minimum Gasteiger partial charge on any atom is -0.467 e. The van der Waals surface area contributed by atoms with Crippen LogP contribution in [0.5, 0.6) is 0 Å². The van der Waals surface area contributed by atoms with Gasteiger partial charge in [-0.15, -0.1) is 0 Å². The van der Waals surface area contributed by atoms with Crippen LogP contribution in [-0.4, -0.2) is 51.7 Å².